The van der Waals surface area contributed by atoms with Crippen molar-refractivity contribution < 1.29 is 9.53 Å². The van der Waals surface area contributed by atoms with Gasteiger partial charge in [0, 0.05) is 13.0 Å². The zero-order valence-corrected chi connectivity index (χ0v) is 22.3. The average Bonchev–Trinajstić information content (AvgIpc) is 2.77. The molecule has 1 unspecified atom stereocenters. The smallest absolute Gasteiger partial charge is 0.305 e. The fourth-order valence-electron chi connectivity index (χ4n) is 4.51. The largest absolute Gasteiger partial charge is 0.469 e. The number of allylic oxidation sites excluding steroid dienone is 2. The van der Waals surface area contributed by atoms with Gasteiger partial charge in [0.05, 0.1) is 7.11 Å². The highest BCUT2D eigenvalue weighted by Gasteiger charge is 2.09. The average molecular weight is 452 g/mol. The predicted molar refractivity (Wildman–Crippen MR) is 141 cm³/mol. The lowest BCUT2D eigenvalue weighted by atomic mass is 9.94. The second-order valence-corrected chi connectivity index (χ2v) is 10.0. The van der Waals surface area contributed by atoms with E-state index in [-0.39, 0.29) is 5.97 Å². The fourth-order valence-corrected chi connectivity index (χ4v) is 4.51. The molecule has 0 N–H and O–H groups in total. The van der Waals surface area contributed by atoms with Crippen LogP contribution in [0.4, 0.5) is 0 Å². The van der Waals surface area contributed by atoms with Crippen LogP contribution < -0.4 is 0 Å². The van der Waals surface area contributed by atoms with Crippen LogP contribution in [-0.4, -0.2) is 38.6 Å². The van der Waals surface area contributed by atoms with Crippen molar-refractivity contribution in [3.63, 3.8) is 0 Å². The monoisotopic (exact) mass is 451 g/mol. The lowest BCUT2D eigenvalue weighted by molar-refractivity contribution is -0.140. The molecule has 3 nitrogen and oxygen atoms in total. The van der Waals surface area contributed by atoms with Crippen LogP contribution in [0.1, 0.15) is 135 Å². The van der Waals surface area contributed by atoms with Crippen molar-refractivity contribution in [1.82, 2.24) is 4.90 Å². The summed E-state index contributed by atoms with van der Waals surface area (Å²) in [5.41, 5.74) is 0. The molecule has 0 heterocycles. The summed E-state index contributed by atoms with van der Waals surface area (Å²) in [6.07, 6.45) is 30.6. The zero-order chi connectivity index (χ0) is 23.7. The Bertz CT molecular complexity index is 419. The third-order valence-corrected chi connectivity index (χ3v) is 6.47. The van der Waals surface area contributed by atoms with Gasteiger partial charge in [0.1, 0.15) is 0 Å². The second kappa shape index (κ2) is 24.8. The molecular formula is C29H57NO2. The van der Waals surface area contributed by atoms with E-state index < -0.39 is 0 Å². The van der Waals surface area contributed by atoms with E-state index in [2.05, 4.69) is 42.8 Å². The van der Waals surface area contributed by atoms with Gasteiger partial charge in [-0.15, -0.1) is 0 Å². The minimum absolute atomic E-state index is 0.0743. The van der Waals surface area contributed by atoms with Gasteiger partial charge in [0.2, 0.25) is 0 Å². The first-order valence-electron chi connectivity index (χ1n) is 14.0. The molecule has 0 aromatic heterocycles. The summed E-state index contributed by atoms with van der Waals surface area (Å²) in [5.74, 6) is 0.835. The van der Waals surface area contributed by atoms with Crippen LogP contribution in [0.2, 0.25) is 0 Å². The van der Waals surface area contributed by atoms with Gasteiger partial charge in [-0.3, -0.25) is 4.79 Å². The predicted octanol–water partition coefficient (Wildman–Crippen LogP) is 8.72. The van der Waals surface area contributed by atoms with Gasteiger partial charge in [-0.25, -0.2) is 0 Å². The molecule has 0 aliphatic rings. The summed E-state index contributed by atoms with van der Waals surface area (Å²) in [5, 5.41) is 0. The maximum atomic E-state index is 11.0. The Kier molecular flexibility index (Phi) is 24.2. The van der Waals surface area contributed by atoms with Crippen molar-refractivity contribution in [3.8, 4) is 0 Å². The lowest BCUT2D eigenvalue weighted by Crippen LogP contribution is -2.21. The van der Waals surface area contributed by atoms with E-state index in [1.165, 1.54) is 123 Å². The summed E-state index contributed by atoms with van der Waals surface area (Å²) in [4.78, 5) is 13.4. The highest BCUT2D eigenvalue weighted by Crippen LogP contribution is 2.19. The Hall–Kier alpha value is -0.830. The van der Waals surface area contributed by atoms with E-state index in [4.69, 9.17) is 0 Å². The van der Waals surface area contributed by atoms with Crippen molar-refractivity contribution in [3.05, 3.63) is 12.2 Å². The van der Waals surface area contributed by atoms with Crippen molar-refractivity contribution in [2.45, 2.75) is 135 Å². The van der Waals surface area contributed by atoms with Gasteiger partial charge in [-0.2, -0.15) is 0 Å². The Morgan fingerprint density at radius 1 is 0.719 bits per heavy atom. The lowest BCUT2D eigenvalue weighted by Gasteiger charge is -2.21. The van der Waals surface area contributed by atoms with E-state index in [0.717, 1.165) is 18.8 Å². The quantitative estimate of drug-likeness (QED) is 0.0834. The number of esters is 1. The van der Waals surface area contributed by atoms with Gasteiger partial charge >= 0.3 is 5.97 Å². The molecule has 3 heteroatoms. The molecule has 1 atom stereocenters. The van der Waals surface area contributed by atoms with Crippen molar-refractivity contribution in [1.29, 1.82) is 0 Å². The number of methoxy groups -OCH3 is 1. The van der Waals surface area contributed by atoms with Crippen LogP contribution in [0.25, 0.3) is 0 Å². The molecule has 0 spiro atoms. The minimum Gasteiger partial charge on any atom is -0.469 e. The highest BCUT2D eigenvalue weighted by molar-refractivity contribution is 5.68. The van der Waals surface area contributed by atoms with Crippen LogP contribution in [0.15, 0.2) is 12.2 Å². The Labute approximate surface area is 201 Å². The molecule has 0 fully saturated rings. The van der Waals surface area contributed by atoms with E-state index in [1.807, 2.05) is 0 Å². The maximum Gasteiger partial charge on any atom is 0.305 e. The first kappa shape index (κ1) is 31.2. The fraction of sp³-hybridized carbons (Fsp3) is 0.897. The summed E-state index contributed by atoms with van der Waals surface area (Å²) in [6, 6.07) is 0. The molecule has 0 saturated carbocycles. The first-order chi connectivity index (χ1) is 15.6. The topological polar surface area (TPSA) is 29.5 Å². The SMILES string of the molecule is CCCCCCC(CCCCCCCCC=CCCCCCCCC(=O)OC)CN(C)C. The van der Waals surface area contributed by atoms with E-state index >= 15 is 0 Å². The third kappa shape index (κ3) is 23.8. The van der Waals surface area contributed by atoms with Gasteiger partial charge in [0.15, 0.2) is 0 Å². The summed E-state index contributed by atoms with van der Waals surface area (Å²) in [6.45, 7) is 3.57. The van der Waals surface area contributed by atoms with Gasteiger partial charge in [-0.1, -0.05) is 96.1 Å². The number of hydrogen-bond donors (Lipinski definition) is 0. The third-order valence-electron chi connectivity index (χ3n) is 6.47. The Balaban J connectivity index is 3.44. The summed E-state index contributed by atoms with van der Waals surface area (Å²) < 4.78 is 4.66. The Morgan fingerprint density at radius 2 is 1.19 bits per heavy atom. The molecule has 0 aromatic rings. The van der Waals surface area contributed by atoms with Crippen LogP contribution in [-0.2, 0) is 9.53 Å². The van der Waals surface area contributed by atoms with Crippen LogP contribution in [0.5, 0.6) is 0 Å². The molecule has 190 valence electrons. The first-order valence-corrected chi connectivity index (χ1v) is 14.0. The number of nitrogens with zero attached hydrogens (tertiary/aromatic N) is 1. The molecule has 0 aliphatic carbocycles. The molecule has 0 bridgehead atoms. The molecule has 0 saturated heterocycles. The number of carbonyl (C=O) groups is 1. The van der Waals surface area contributed by atoms with Crippen molar-refractivity contribution in [2.75, 3.05) is 27.7 Å². The van der Waals surface area contributed by atoms with Crippen molar-refractivity contribution in [2.24, 2.45) is 5.92 Å². The van der Waals surface area contributed by atoms with Crippen molar-refractivity contribution >= 4 is 5.97 Å². The summed E-state index contributed by atoms with van der Waals surface area (Å²) >= 11 is 0. The van der Waals surface area contributed by atoms with Gasteiger partial charge < -0.3 is 9.64 Å². The molecule has 0 aliphatic heterocycles. The van der Waals surface area contributed by atoms with E-state index in [0.29, 0.717) is 6.42 Å². The number of hydrogen-bond acceptors (Lipinski definition) is 3. The molecule has 32 heavy (non-hydrogen) atoms. The van der Waals surface area contributed by atoms with Gasteiger partial charge in [-0.05, 0) is 65.0 Å². The Morgan fingerprint density at radius 3 is 1.69 bits per heavy atom. The van der Waals surface area contributed by atoms with Crippen LogP contribution in [0, 0.1) is 5.92 Å². The number of unbranched alkanes of at least 4 members (excludes halogenated alkanes) is 14. The normalized spacial score (nSPS) is 12.7. The molecule has 0 radical (unpaired) electrons. The van der Waals surface area contributed by atoms with Crippen LogP contribution in [0.3, 0.4) is 0 Å². The highest BCUT2D eigenvalue weighted by atomic mass is 16.5. The number of ether oxygens (including phenoxy) is 1. The molecule has 0 aromatic carbocycles. The van der Waals surface area contributed by atoms with Gasteiger partial charge in [0.25, 0.3) is 0 Å². The summed E-state index contributed by atoms with van der Waals surface area (Å²) in [7, 11) is 5.92. The number of rotatable bonds is 24. The second-order valence-electron chi connectivity index (χ2n) is 10.0. The molecular weight excluding hydrogens is 394 g/mol. The minimum atomic E-state index is -0.0743. The molecule has 0 amide bonds. The van der Waals surface area contributed by atoms with E-state index in [9.17, 15) is 4.79 Å². The van der Waals surface area contributed by atoms with Crippen LogP contribution >= 0.6 is 0 Å². The maximum absolute atomic E-state index is 11.0. The zero-order valence-electron chi connectivity index (χ0n) is 22.3. The number of carbonyl (C=O) groups excluding carboxylic acids is 1. The van der Waals surface area contributed by atoms with E-state index in [1.54, 1.807) is 0 Å². The standard InChI is InChI=1S/C29H57NO2/c1-5-6-7-21-24-28(27-30(2)3)25-22-19-17-15-13-11-9-8-10-12-14-16-18-20-23-26-29(31)32-4/h8,10,28H,5-7,9,11-27H2,1-4H3. The molecule has 0 rings (SSSR count).